The lowest BCUT2D eigenvalue weighted by atomic mass is 10.4. The minimum atomic E-state index is -0.167. The molecule has 15 heavy (non-hydrogen) atoms. The second kappa shape index (κ2) is 6.24. The van der Waals surface area contributed by atoms with Crippen molar-refractivity contribution in [2.45, 2.75) is 20.3 Å². The molecule has 1 aromatic rings. The maximum Gasteiger partial charge on any atom is 0.286 e. The third-order valence-corrected chi connectivity index (χ3v) is 1.92. The van der Waals surface area contributed by atoms with E-state index in [2.05, 4.69) is 5.32 Å². The van der Waals surface area contributed by atoms with Crippen LogP contribution in [-0.4, -0.2) is 25.7 Å². The van der Waals surface area contributed by atoms with Gasteiger partial charge in [0.2, 0.25) is 0 Å². The van der Waals surface area contributed by atoms with Crippen molar-refractivity contribution in [2.24, 2.45) is 0 Å². The summed E-state index contributed by atoms with van der Waals surface area (Å²) in [6.45, 7) is 5.76. The maximum absolute atomic E-state index is 11.4. The van der Waals surface area contributed by atoms with Crippen LogP contribution >= 0.6 is 0 Å². The Morgan fingerprint density at radius 1 is 1.53 bits per heavy atom. The van der Waals surface area contributed by atoms with Crippen molar-refractivity contribution in [1.29, 1.82) is 0 Å². The molecule has 0 aliphatic heterocycles. The lowest BCUT2D eigenvalue weighted by molar-refractivity contribution is 0.0915. The Balaban J connectivity index is 2.19. The first-order chi connectivity index (χ1) is 7.24. The molecule has 0 unspecified atom stereocenters. The van der Waals surface area contributed by atoms with Crippen LogP contribution in [0.5, 0.6) is 0 Å². The Morgan fingerprint density at radius 3 is 2.93 bits per heavy atom. The van der Waals surface area contributed by atoms with E-state index in [1.165, 1.54) is 0 Å². The molecule has 4 heteroatoms. The van der Waals surface area contributed by atoms with Gasteiger partial charge < -0.3 is 14.5 Å². The standard InChI is InChI=1S/C11H17NO3/c1-3-14-8-4-7-12-11(13)10-6-5-9(2)15-10/h5-6H,3-4,7-8H2,1-2H3,(H,12,13). The quantitative estimate of drug-likeness (QED) is 0.729. The van der Waals surface area contributed by atoms with Gasteiger partial charge >= 0.3 is 0 Å². The van der Waals surface area contributed by atoms with Gasteiger partial charge in [-0.15, -0.1) is 0 Å². The molecule has 0 aliphatic carbocycles. The summed E-state index contributed by atoms with van der Waals surface area (Å²) < 4.78 is 10.3. The summed E-state index contributed by atoms with van der Waals surface area (Å²) in [6.07, 6.45) is 0.819. The number of hydrogen-bond donors (Lipinski definition) is 1. The number of nitrogens with one attached hydrogen (secondary N) is 1. The normalized spacial score (nSPS) is 10.3. The number of rotatable bonds is 6. The van der Waals surface area contributed by atoms with Crippen LogP contribution in [0.3, 0.4) is 0 Å². The van der Waals surface area contributed by atoms with Crippen molar-refractivity contribution >= 4 is 5.91 Å². The summed E-state index contributed by atoms with van der Waals surface area (Å²) in [6, 6.07) is 3.45. The SMILES string of the molecule is CCOCCCNC(=O)c1ccc(C)o1. The number of furan rings is 1. The Kier molecular flexibility index (Phi) is 4.90. The molecule has 1 N–H and O–H groups in total. The fourth-order valence-electron chi connectivity index (χ4n) is 1.16. The first-order valence-electron chi connectivity index (χ1n) is 5.16. The maximum atomic E-state index is 11.4. The Hall–Kier alpha value is -1.29. The molecular formula is C11H17NO3. The number of hydrogen-bond acceptors (Lipinski definition) is 3. The first-order valence-corrected chi connectivity index (χ1v) is 5.16. The van der Waals surface area contributed by atoms with Crippen LogP contribution < -0.4 is 5.32 Å². The van der Waals surface area contributed by atoms with Crippen molar-refractivity contribution in [3.63, 3.8) is 0 Å². The van der Waals surface area contributed by atoms with E-state index in [0.29, 0.717) is 25.5 Å². The van der Waals surface area contributed by atoms with Gasteiger partial charge in [-0.1, -0.05) is 0 Å². The second-order valence-electron chi connectivity index (χ2n) is 3.22. The van der Waals surface area contributed by atoms with Crippen LogP contribution in [0, 0.1) is 6.92 Å². The van der Waals surface area contributed by atoms with E-state index in [1.54, 1.807) is 12.1 Å². The summed E-state index contributed by atoms with van der Waals surface area (Å²) in [4.78, 5) is 11.4. The highest BCUT2D eigenvalue weighted by Crippen LogP contribution is 2.05. The Morgan fingerprint density at radius 2 is 2.33 bits per heavy atom. The van der Waals surface area contributed by atoms with Gasteiger partial charge in [-0.2, -0.15) is 0 Å². The summed E-state index contributed by atoms with van der Waals surface area (Å²) in [5, 5.41) is 2.76. The van der Waals surface area contributed by atoms with Crippen LogP contribution in [0.1, 0.15) is 29.7 Å². The van der Waals surface area contributed by atoms with Crippen LogP contribution in [0.25, 0.3) is 0 Å². The van der Waals surface area contributed by atoms with Gasteiger partial charge in [-0.05, 0) is 32.4 Å². The number of carbonyl (C=O) groups is 1. The second-order valence-corrected chi connectivity index (χ2v) is 3.22. The molecule has 0 saturated heterocycles. The summed E-state index contributed by atoms with van der Waals surface area (Å²) in [5.41, 5.74) is 0. The predicted octanol–water partition coefficient (Wildman–Crippen LogP) is 1.74. The minimum Gasteiger partial charge on any atom is -0.456 e. The van der Waals surface area contributed by atoms with Crippen LogP contribution in [-0.2, 0) is 4.74 Å². The van der Waals surface area contributed by atoms with Gasteiger partial charge in [0.1, 0.15) is 5.76 Å². The molecule has 0 atom stereocenters. The van der Waals surface area contributed by atoms with E-state index in [1.807, 2.05) is 13.8 Å². The molecule has 0 fully saturated rings. The average molecular weight is 211 g/mol. The zero-order valence-corrected chi connectivity index (χ0v) is 9.21. The van der Waals surface area contributed by atoms with Crippen molar-refractivity contribution in [1.82, 2.24) is 5.32 Å². The third kappa shape index (κ3) is 4.16. The van der Waals surface area contributed by atoms with Gasteiger partial charge in [0.15, 0.2) is 5.76 Å². The molecule has 84 valence electrons. The summed E-state index contributed by atoms with van der Waals surface area (Å²) in [5.74, 6) is 0.943. The molecule has 0 aromatic carbocycles. The van der Waals surface area contributed by atoms with Crippen LogP contribution in [0.2, 0.25) is 0 Å². The first kappa shape index (κ1) is 11.8. The monoisotopic (exact) mass is 211 g/mol. The Labute approximate surface area is 89.6 Å². The minimum absolute atomic E-state index is 0.167. The van der Waals surface area contributed by atoms with Gasteiger partial charge in [-0.25, -0.2) is 0 Å². The van der Waals surface area contributed by atoms with Crippen LogP contribution in [0.15, 0.2) is 16.5 Å². The lowest BCUT2D eigenvalue weighted by Gasteiger charge is -2.03. The molecule has 1 rings (SSSR count). The third-order valence-electron chi connectivity index (χ3n) is 1.92. The van der Waals surface area contributed by atoms with Gasteiger partial charge in [0.05, 0.1) is 0 Å². The van der Waals surface area contributed by atoms with E-state index >= 15 is 0 Å². The predicted molar refractivity (Wildman–Crippen MR) is 56.9 cm³/mol. The van der Waals surface area contributed by atoms with Crippen molar-refractivity contribution < 1.29 is 13.9 Å². The zero-order valence-electron chi connectivity index (χ0n) is 9.21. The molecule has 0 saturated carbocycles. The van der Waals surface area contributed by atoms with Gasteiger partial charge in [0.25, 0.3) is 5.91 Å². The van der Waals surface area contributed by atoms with Crippen molar-refractivity contribution in [3.05, 3.63) is 23.7 Å². The molecule has 1 amide bonds. The molecule has 0 radical (unpaired) electrons. The number of amides is 1. The highest BCUT2D eigenvalue weighted by Gasteiger charge is 2.08. The zero-order chi connectivity index (χ0) is 11.1. The van der Waals surface area contributed by atoms with E-state index < -0.39 is 0 Å². The Bertz CT molecular complexity index is 307. The van der Waals surface area contributed by atoms with E-state index in [0.717, 1.165) is 12.2 Å². The fraction of sp³-hybridized carbons (Fsp3) is 0.545. The van der Waals surface area contributed by atoms with E-state index in [4.69, 9.17) is 9.15 Å². The largest absolute Gasteiger partial charge is 0.456 e. The highest BCUT2D eigenvalue weighted by molar-refractivity contribution is 5.91. The highest BCUT2D eigenvalue weighted by atomic mass is 16.5. The smallest absolute Gasteiger partial charge is 0.286 e. The number of ether oxygens (including phenoxy) is 1. The molecule has 0 bridgehead atoms. The van der Waals surface area contributed by atoms with Crippen molar-refractivity contribution in [3.8, 4) is 0 Å². The van der Waals surface area contributed by atoms with Crippen LogP contribution in [0.4, 0.5) is 0 Å². The molecular weight excluding hydrogens is 194 g/mol. The lowest BCUT2D eigenvalue weighted by Crippen LogP contribution is -2.24. The molecule has 0 aliphatic rings. The number of aryl methyl sites for hydroxylation is 1. The van der Waals surface area contributed by atoms with Gasteiger partial charge in [-0.3, -0.25) is 4.79 Å². The average Bonchev–Trinajstić information content (AvgIpc) is 2.64. The van der Waals surface area contributed by atoms with E-state index in [9.17, 15) is 4.79 Å². The molecule has 4 nitrogen and oxygen atoms in total. The molecule has 0 spiro atoms. The van der Waals surface area contributed by atoms with Crippen molar-refractivity contribution in [2.75, 3.05) is 19.8 Å². The summed E-state index contributed by atoms with van der Waals surface area (Å²) >= 11 is 0. The fourth-order valence-corrected chi connectivity index (χ4v) is 1.16. The number of carbonyl (C=O) groups excluding carboxylic acids is 1. The van der Waals surface area contributed by atoms with Gasteiger partial charge in [0, 0.05) is 19.8 Å². The molecule has 1 aromatic heterocycles. The topological polar surface area (TPSA) is 51.5 Å². The molecule has 1 heterocycles. The van der Waals surface area contributed by atoms with E-state index in [-0.39, 0.29) is 5.91 Å². The summed E-state index contributed by atoms with van der Waals surface area (Å²) in [7, 11) is 0.